The highest BCUT2D eigenvalue weighted by atomic mass is 16.1. The maximum absolute atomic E-state index is 11.2. The zero-order chi connectivity index (χ0) is 14.7. The highest BCUT2D eigenvalue weighted by Crippen LogP contribution is 2.36. The molecule has 21 heavy (non-hydrogen) atoms. The molecule has 0 unspecified atom stereocenters. The number of hydrogen-bond acceptors (Lipinski definition) is 3. The Morgan fingerprint density at radius 1 is 1.24 bits per heavy atom. The maximum Gasteiger partial charge on any atom is 0.210 e. The van der Waals surface area contributed by atoms with Crippen LogP contribution >= 0.6 is 0 Å². The van der Waals surface area contributed by atoms with Crippen LogP contribution in [0.4, 0.5) is 11.5 Å². The van der Waals surface area contributed by atoms with Crippen molar-refractivity contribution in [2.24, 2.45) is 0 Å². The molecule has 1 aromatic heterocycles. The first-order chi connectivity index (χ1) is 10.3. The second-order valence-electron chi connectivity index (χ2n) is 5.31. The monoisotopic (exact) mass is 281 g/mol. The summed E-state index contributed by atoms with van der Waals surface area (Å²) in [4.78, 5) is 19.7. The first-order valence-electron chi connectivity index (χ1n) is 7.26. The molecular formula is C17H19N3O. The molecule has 0 aliphatic carbocycles. The molecule has 0 saturated carbocycles. The van der Waals surface area contributed by atoms with Crippen molar-refractivity contribution < 1.29 is 4.79 Å². The predicted molar refractivity (Wildman–Crippen MR) is 83.5 cm³/mol. The average Bonchev–Trinajstić information content (AvgIpc) is 3.03. The van der Waals surface area contributed by atoms with E-state index in [1.165, 1.54) is 0 Å². The number of benzene rings is 1. The Morgan fingerprint density at radius 2 is 2.05 bits per heavy atom. The Morgan fingerprint density at radius 3 is 2.81 bits per heavy atom. The molecule has 1 aromatic carbocycles. The number of para-hydroxylation sites is 1. The van der Waals surface area contributed by atoms with E-state index in [0.29, 0.717) is 0 Å². The highest BCUT2D eigenvalue weighted by molar-refractivity contribution is 5.63. The van der Waals surface area contributed by atoms with Crippen LogP contribution in [-0.4, -0.2) is 29.9 Å². The predicted octanol–water partition coefficient (Wildman–Crippen LogP) is 3.14. The van der Waals surface area contributed by atoms with Gasteiger partial charge in [0.15, 0.2) is 0 Å². The normalized spacial score (nSPS) is 17.8. The van der Waals surface area contributed by atoms with Crippen molar-refractivity contribution >= 4 is 17.9 Å². The van der Waals surface area contributed by atoms with Crippen molar-refractivity contribution in [2.75, 3.05) is 18.5 Å². The van der Waals surface area contributed by atoms with Crippen LogP contribution < -0.4 is 4.90 Å². The van der Waals surface area contributed by atoms with Crippen LogP contribution in [0.2, 0.25) is 0 Å². The lowest BCUT2D eigenvalue weighted by molar-refractivity contribution is -0.118. The molecule has 0 radical (unpaired) electrons. The molecule has 2 heterocycles. The van der Waals surface area contributed by atoms with Gasteiger partial charge in [-0.1, -0.05) is 24.3 Å². The van der Waals surface area contributed by atoms with E-state index in [-0.39, 0.29) is 6.04 Å². The van der Waals surface area contributed by atoms with Crippen molar-refractivity contribution in [3.63, 3.8) is 0 Å². The molecular weight excluding hydrogens is 262 g/mol. The number of rotatable bonds is 4. The van der Waals surface area contributed by atoms with E-state index in [4.69, 9.17) is 0 Å². The maximum atomic E-state index is 11.2. The lowest BCUT2D eigenvalue weighted by atomic mass is 10.0. The molecule has 1 saturated heterocycles. The van der Waals surface area contributed by atoms with Crippen molar-refractivity contribution in [2.45, 2.75) is 18.9 Å². The average molecular weight is 281 g/mol. The van der Waals surface area contributed by atoms with Gasteiger partial charge in [0.2, 0.25) is 6.41 Å². The number of amides is 1. The Kier molecular flexibility index (Phi) is 3.86. The van der Waals surface area contributed by atoms with E-state index in [9.17, 15) is 4.79 Å². The van der Waals surface area contributed by atoms with E-state index >= 15 is 0 Å². The number of carbonyl (C=O) groups is 1. The summed E-state index contributed by atoms with van der Waals surface area (Å²) in [6.07, 6.45) is 4.81. The third kappa shape index (κ3) is 2.61. The minimum atomic E-state index is 0.136. The van der Waals surface area contributed by atoms with Crippen LogP contribution in [0, 0.1) is 0 Å². The van der Waals surface area contributed by atoms with E-state index in [1.807, 2.05) is 36.2 Å². The zero-order valence-corrected chi connectivity index (χ0v) is 12.1. The molecule has 2 aromatic rings. The van der Waals surface area contributed by atoms with Crippen LogP contribution in [-0.2, 0) is 4.79 Å². The van der Waals surface area contributed by atoms with Gasteiger partial charge in [0, 0.05) is 31.0 Å². The Balaban J connectivity index is 1.98. The number of nitrogens with zero attached hydrogens (tertiary/aromatic N) is 3. The van der Waals surface area contributed by atoms with Crippen LogP contribution in [0.1, 0.15) is 24.4 Å². The molecule has 108 valence electrons. The third-order valence-electron chi connectivity index (χ3n) is 4.07. The number of hydrogen-bond donors (Lipinski definition) is 0. The van der Waals surface area contributed by atoms with Gasteiger partial charge in [0.05, 0.1) is 6.04 Å². The second-order valence-corrected chi connectivity index (χ2v) is 5.31. The quantitative estimate of drug-likeness (QED) is 0.808. The van der Waals surface area contributed by atoms with Gasteiger partial charge in [0.1, 0.15) is 5.82 Å². The first kappa shape index (κ1) is 13.6. The summed E-state index contributed by atoms with van der Waals surface area (Å²) < 4.78 is 0. The molecule has 3 rings (SSSR count). The van der Waals surface area contributed by atoms with Crippen LogP contribution in [0.5, 0.6) is 0 Å². The number of anilines is 2. The minimum absolute atomic E-state index is 0.136. The van der Waals surface area contributed by atoms with E-state index < -0.39 is 0 Å². The molecule has 4 heteroatoms. The summed E-state index contributed by atoms with van der Waals surface area (Å²) in [5, 5.41) is 0. The molecule has 1 amide bonds. The number of pyridine rings is 1. The van der Waals surface area contributed by atoms with E-state index in [2.05, 4.69) is 28.1 Å². The summed E-state index contributed by atoms with van der Waals surface area (Å²) in [6, 6.07) is 14.3. The molecule has 0 N–H and O–H groups in total. The van der Waals surface area contributed by atoms with Crippen molar-refractivity contribution in [3.8, 4) is 0 Å². The van der Waals surface area contributed by atoms with Gasteiger partial charge in [-0.05, 0) is 31.0 Å². The minimum Gasteiger partial charge on any atom is -0.338 e. The largest absolute Gasteiger partial charge is 0.338 e. The van der Waals surface area contributed by atoms with Crippen LogP contribution in [0.3, 0.4) is 0 Å². The SMILES string of the molecule is CN(c1ccccc1)c1ncccc1[C@@H]1CCCN1C=O. The lowest BCUT2D eigenvalue weighted by Crippen LogP contribution is -2.23. The fourth-order valence-electron chi connectivity index (χ4n) is 2.97. The smallest absolute Gasteiger partial charge is 0.210 e. The molecule has 0 spiro atoms. The lowest BCUT2D eigenvalue weighted by Gasteiger charge is -2.26. The van der Waals surface area contributed by atoms with Crippen LogP contribution in [0.15, 0.2) is 48.7 Å². The number of carbonyl (C=O) groups excluding carboxylic acids is 1. The van der Waals surface area contributed by atoms with Crippen molar-refractivity contribution in [1.29, 1.82) is 0 Å². The van der Waals surface area contributed by atoms with Gasteiger partial charge >= 0.3 is 0 Å². The van der Waals surface area contributed by atoms with Crippen LogP contribution in [0.25, 0.3) is 0 Å². The Labute approximate surface area is 125 Å². The second kappa shape index (κ2) is 5.95. The molecule has 4 nitrogen and oxygen atoms in total. The van der Waals surface area contributed by atoms with Gasteiger partial charge in [0.25, 0.3) is 0 Å². The van der Waals surface area contributed by atoms with Gasteiger partial charge < -0.3 is 9.80 Å². The zero-order valence-electron chi connectivity index (χ0n) is 12.1. The number of aromatic nitrogens is 1. The Hall–Kier alpha value is -2.36. The summed E-state index contributed by atoms with van der Waals surface area (Å²) in [7, 11) is 2.02. The molecule has 1 fully saturated rings. The standard InChI is InChI=1S/C17H19N3O/c1-19(14-7-3-2-4-8-14)17-15(9-5-11-18-17)16-10-6-12-20(16)13-21/h2-5,7-9,11,13,16H,6,10,12H2,1H3/t16-/m0/s1. The van der Waals surface area contributed by atoms with E-state index in [0.717, 1.165) is 42.9 Å². The fourth-order valence-corrected chi connectivity index (χ4v) is 2.97. The van der Waals surface area contributed by atoms with E-state index in [1.54, 1.807) is 6.20 Å². The summed E-state index contributed by atoms with van der Waals surface area (Å²) >= 11 is 0. The van der Waals surface area contributed by atoms with Gasteiger partial charge in [-0.3, -0.25) is 4.79 Å². The Bertz CT molecular complexity index is 614. The summed E-state index contributed by atoms with van der Waals surface area (Å²) in [5.74, 6) is 0.919. The van der Waals surface area contributed by atoms with Gasteiger partial charge in [-0.2, -0.15) is 0 Å². The summed E-state index contributed by atoms with van der Waals surface area (Å²) in [6.45, 7) is 0.831. The molecule has 0 bridgehead atoms. The molecule has 1 aliphatic rings. The first-order valence-corrected chi connectivity index (χ1v) is 7.26. The van der Waals surface area contributed by atoms with Crippen molar-refractivity contribution in [1.82, 2.24) is 9.88 Å². The molecule has 1 atom stereocenters. The number of likely N-dealkylation sites (tertiary alicyclic amines) is 1. The van der Waals surface area contributed by atoms with Gasteiger partial charge in [-0.25, -0.2) is 4.98 Å². The van der Waals surface area contributed by atoms with Gasteiger partial charge in [-0.15, -0.1) is 0 Å². The fraction of sp³-hybridized carbons (Fsp3) is 0.294. The highest BCUT2D eigenvalue weighted by Gasteiger charge is 2.28. The molecule has 1 aliphatic heterocycles. The van der Waals surface area contributed by atoms with Crippen molar-refractivity contribution in [3.05, 3.63) is 54.2 Å². The topological polar surface area (TPSA) is 36.4 Å². The summed E-state index contributed by atoms with van der Waals surface area (Å²) in [5.41, 5.74) is 2.21. The third-order valence-corrected chi connectivity index (χ3v) is 4.07.